The highest BCUT2D eigenvalue weighted by Gasteiger charge is 2.22. The summed E-state index contributed by atoms with van der Waals surface area (Å²) >= 11 is 5.83. The number of phenolic OH excluding ortho intramolecular Hbond substituents is 1. The molecule has 1 heterocycles. The van der Waals surface area contributed by atoms with Gasteiger partial charge in [-0.05, 0) is 42.3 Å². The Balaban J connectivity index is 1.79. The zero-order chi connectivity index (χ0) is 21.1. The third kappa shape index (κ3) is 4.75. The number of fused-ring (bicyclic) bond motifs is 1. The van der Waals surface area contributed by atoms with Gasteiger partial charge in [0.15, 0.2) is 0 Å². The fraction of sp³-hybridized carbons (Fsp3) is 0.190. The van der Waals surface area contributed by atoms with E-state index < -0.39 is 23.5 Å². The number of carboxylic acids is 1. The smallest absolute Gasteiger partial charge is 0.340 e. The molecule has 150 valence electrons. The van der Waals surface area contributed by atoms with E-state index in [2.05, 4.69) is 5.32 Å². The lowest BCUT2D eigenvalue weighted by Gasteiger charge is -2.15. The van der Waals surface area contributed by atoms with Gasteiger partial charge in [0.2, 0.25) is 5.91 Å². The van der Waals surface area contributed by atoms with Gasteiger partial charge in [0, 0.05) is 22.9 Å². The van der Waals surface area contributed by atoms with E-state index in [1.54, 1.807) is 37.3 Å². The number of carbonyl (C=O) groups excluding carboxylic acids is 1. The summed E-state index contributed by atoms with van der Waals surface area (Å²) in [5.41, 5.74) is 0.874. The van der Waals surface area contributed by atoms with Crippen LogP contribution in [0, 0.1) is 6.92 Å². The number of rotatable bonds is 6. The molecule has 0 aliphatic rings. The molecule has 0 aliphatic heterocycles. The minimum atomic E-state index is -1.19. The summed E-state index contributed by atoms with van der Waals surface area (Å²) in [6, 6.07) is 9.84. The van der Waals surface area contributed by atoms with E-state index in [1.807, 2.05) is 0 Å². The Bertz CT molecular complexity index is 1140. The second kappa shape index (κ2) is 8.36. The number of carboxylic acid groups (broad SMARTS) is 1. The van der Waals surface area contributed by atoms with Crippen molar-refractivity contribution in [3.8, 4) is 5.75 Å². The molecule has 0 fully saturated rings. The summed E-state index contributed by atoms with van der Waals surface area (Å²) < 4.78 is 5.19. The van der Waals surface area contributed by atoms with Crippen molar-refractivity contribution in [3.63, 3.8) is 0 Å². The first-order valence-electron chi connectivity index (χ1n) is 8.76. The molecule has 29 heavy (non-hydrogen) atoms. The minimum Gasteiger partial charge on any atom is -0.508 e. The summed E-state index contributed by atoms with van der Waals surface area (Å²) in [6.45, 7) is 1.67. The van der Waals surface area contributed by atoms with Crippen molar-refractivity contribution in [2.24, 2.45) is 0 Å². The van der Waals surface area contributed by atoms with Crippen LogP contribution in [0.3, 0.4) is 0 Å². The molecular formula is C21H18ClNO6. The van der Waals surface area contributed by atoms with E-state index in [0.717, 1.165) is 0 Å². The molecule has 0 spiro atoms. The molecule has 3 N–H and O–H groups in total. The SMILES string of the molecule is Cc1c(CC(=O)N[C@H](Cc2ccc(Cl)cc2)C(=O)O)c(=O)oc2cc(O)ccc12. The molecule has 0 unspecified atom stereocenters. The number of hydrogen-bond acceptors (Lipinski definition) is 5. The molecule has 3 aromatic rings. The van der Waals surface area contributed by atoms with E-state index in [1.165, 1.54) is 12.1 Å². The summed E-state index contributed by atoms with van der Waals surface area (Å²) in [5.74, 6) is -1.84. The lowest BCUT2D eigenvalue weighted by molar-refractivity contribution is -0.141. The van der Waals surface area contributed by atoms with Gasteiger partial charge in [-0.25, -0.2) is 9.59 Å². The van der Waals surface area contributed by atoms with Crippen molar-refractivity contribution < 1.29 is 24.2 Å². The number of amides is 1. The van der Waals surface area contributed by atoms with Gasteiger partial charge in [-0.2, -0.15) is 0 Å². The van der Waals surface area contributed by atoms with Gasteiger partial charge in [-0.1, -0.05) is 23.7 Å². The third-order valence-corrected chi connectivity index (χ3v) is 4.85. The molecule has 0 saturated heterocycles. The molecule has 1 atom stereocenters. The number of aryl methyl sites for hydroxylation is 1. The zero-order valence-electron chi connectivity index (χ0n) is 15.4. The van der Waals surface area contributed by atoms with Crippen molar-refractivity contribution in [2.75, 3.05) is 0 Å². The van der Waals surface area contributed by atoms with Gasteiger partial charge >= 0.3 is 11.6 Å². The molecule has 8 heteroatoms. The number of aliphatic carboxylic acids is 1. The number of phenols is 1. The lowest BCUT2D eigenvalue weighted by atomic mass is 10.0. The van der Waals surface area contributed by atoms with Crippen LogP contribution in [0.25, 0.3) is 11.0 Å². The number of nitrogens with one attached hydrogen (secondary N) is 1. The molecule has 0 saturated carbocycles. The number of hydrogen-bond donors (Lipinski definition) is 3. The number of aromatic hydroxyl groups is 1. The summed E-state index contributed by atoms with van der Waals surface area (Å²) in [5, 5.41) is 22.5. The predicted molar refractivity (Wildman–Crippen MR) is 107 cm³/mol. The summed E-state index contributed by atoms with van der Waals surface area (Å²) in [4.78, 5) is 36.3. The maximum absolute atomic E-state index is 12.5. The van der Waals surface area contributed by atoms with E-state index in [0.29, 0.717) is 21.5 Å². The molecule has 0 bridgehead atoms. The van der Waals surface area contributed by atoms with Crippen LogP contribution in [0.1, 0.15) is 16.7 Å². The van der Waals surface area contributed by atoms with Gasteiger partial charge in [-0.3, -0.25) is 4.79 Å². The molecule has 1 amide bonds. The highest BCUT2D eigenvalue weighted by molar-refractivity contribution is 6.30. The zero-order valence-corrected chi connectivity index (χ0v) is 16.2. The second-order valence-corrected chi connectivity index (χ2v) is 7.08. The van der Waals surface area contributed by atoms with Crippen molar-refractivity contribution in [1.29, 1.82) is 0 Å². The van der Waals surface area contributed by atoms with Gasteiger partial charge in [0.05, 0.1) is 12.0 Å². The van der Waals surface area contributed by atoms with Gasteiger partial charge in [-0.15, -0.1) is 0 Å². The van der Waals surface area contributed by atoms with Crippen LogP contribution >= 0.6 is 11.6 Å². The lowest BCUT2D eigenvalue weighted by Crippen LogP contribution is -2.43. The van der Waals surface area contributed by atoms with Crippen LogP contribution in [0.5, 0.6) is 5.75 Å². The third-order valence-electron chi connectivity index (χ3n) is 4.59. The van der Waals surface area contributed by atoms with E-state index >= 15 is 0 Å². The fourth-order valence-corrected chi connectivity index (χ4v) is 3.18. The van der Waals surface area contributed by atoms with Crippen LogP contribution < -0.4 is 10.9 Å². The molecule has 2 aromatic carbocycles. The van der Waals surface area contributed by atoms with Crippen LogP contribution in [-0.2, 0) is 22.4 Å². The van der Waals surface area contributed by atoms with Crippen molar-refractivity contribution in [2.45, 2.75) is 25.8 Å². The van der Waals surface area contributed by atoms with Gasteiger partial charge < -0.3 is 19.9 Å². The standard InChI is InChI=1S/C21H18ClNO6/c1-11-15-7-6-14(24)9-18(15)29-21(28)16(11)10-19(25)23-17(20(26)27)8-12-2-4-13(22)5-3-12/h2-7,9,17,24H,8,10H2,1H3,(H,23,25)(H,26,27)/t17-/m1/s1. The van der Waals surface area contributed by atoms with E-state index in [-0.39, 0.29) is 29.7 Å². The molecule has 3 rings (SSSR count). The quantitative estimate of drug-likeness (QED) is 0.533. The number of halogens is 1. The molecular weight excluding hydrogens is 398 g/mol. The number of benzene rings is 2. The Morgan fingerprint density at radius 2 is 1.86 bits per heavy atom. The molecule has 0 radical (unpaired) electrons. The van der Waals surface area contributed by atoms with Gasteiger partial charge in [0.25, 0.3) is 0 Å². The van der Waals surface area contributed by atoms with Crippen LogP contribution in [0.2, 0.25) is 5.02 Å². The maximum atomic E-state index is 12.5. The summed E-state index contributed by atoms with van der Waals surface area (Å²) in [6.07, 6.45) is -0.252. The van der Waals surface area contributed by atoms with Crippen LogP contribution in [-0.4, -0.2) is 28.1 Å². The first-order valence-corrected chi connectivity index (χ1v) is 9.14. The first kappa shape index (κ1) is 20.4. The Labute approximate surface area is 170 Å². The van der Waals surface area contributed by atoms with Crippen molar-refractivity contribution >= 4 is 34.4 Å². The summed E-state index contributed by atoms with van der Waals surface area (Å²) in [7, 11) is 0. The predicted octanol–water partition coefficient (Wildman–Crippen LogP) is 2.82. The van der Waals surface area contributed by atoms with Crippen molar-refractivity contribution in [3.05, 3.63) is 74.6 Å². The second-order valence-electron chi connectivity index (χ2n) is 6.64. The molecule has 0 aliphatic carbocycles. The topological polar surface area (TPSA) is 117 Å². The maximum Gasteiger partial charge on any atom is 0.340 e. The first-order chi connectivity index (χ1) is 13.7. The minimum absolute atomic E-state index is 0.0444. The van der Waals surface area contributed by atoms with E-state index in [9.17, 15) is 24.6 Å². The van der Waals surface area contributed by atoms with Crippen LogP contribution in [0.15, 0.2) is 51.7 Å². The normalized spacial score (nSPS) is 11.9. The highest BCUT2D eigenvalue weighted by Crippen LogP contribution is 2.23. The highest BCUT2D eigenvalue weighted by atomic mass is 35.5. The molecule has 1 aromatic heterocycles. The van der Waals surface area contributed by atoms with E-state index in [4.69, 9.17) is 16.0 Å². The monoisotopic (exact) mass is 415 g/mol. The average molecular weight is 416 g/mol. The van der Waals surface area contributed by atoms with Crippen LogP contribution in [0.4, 0.5) is 0 Å². The Hall–Kier alpha value is -3.32. The Kier molecular flexibility index (Phi) is 5.89. The van der Waals surface area contributed by atoms with Gasteiger partial charge in [0.1, 0.15) is 17.4 Å². The molecule has 7 nitrogen and oxygen atoms in total. The number of carbonyl (C=O) groups is 2. The van der Waals surface area contributed by atoms with Crippen molar-refractivity contribution in [1.82, 2.24) is 5.32 Å². The Morgan fingerprint density at radius 1 is 1.17 bits per heavy atom. The fourth-order valence-electron chi connectivity index (χ4n) is 3.05. The average Bonchev–Trinajstić information content (AvgIpc) is 2.66. The largest absolute Gasteiger partial charge is 0.508 e. The Morgan fingerprint density at radius 3 is 2.52 bits per heavy atom.